The fourth-order valence-corrected chi connectivity index (χ4v) is 2.62. The second-order valence-corrected chi connectivity index (χ2v) is 5.99. The molecule has 1 aliphatic heterocycles. The lowest BCUT2D eigenvalue weighted by Gasteiger charge is -2.32. The maximum atomic E-state index is 13.5. The van der Waals surface area contributed by atoms with Crippen LogP contribution in [0.5, 0.6) is 0 Å². The van der Waals surface area contributed by atoms with E-state index in [1.165, 1.54) is 6.07 Å². The zero-order chi connectivity index (χ0) is 15.2. The minimum absolute atomic E-state index is 0. The van der Waals surface area contributed by atoms with Gasteiger partial charge >= 0.3 is 0 Å². The molecule has 0 spiro atoms. The molecular weight excluding hydrogens is 375 g/mol. The van der Waals surface area contributed by atoms with Crippen LogP contribution in [0.4, 0.5) is 4.39 Å². The van der Waals surface area contributed by atoms with Crippen molar-refractivity contribution in [2.45, 2.75) is 25.4 Å². The minimum Gasteiger partial charge on any atom is -0.378 e. The monoisotopic (exact) mass is 394 g/mol. The molecule has 2 N–H and O–H groups in total. The van der Waals surface area contributed by atoms with Crippen LogP contribution in [-0.2, 0) is 4.74 Å². The number of piperidine rings is 1. The Morgan fingerprint density at radius 1 is 1.41 bits per heavy atom. The Hall–Kier alpha value is -0.690. The summed E-state index contributed by atoms with van der Waals surface area (Å²) in [5, 5.41) is 0. The van der Waals surface area contributed by atoms with E-state index in [4.69, 9.17) is 10.5 Å². The van der Waals surface area contributed by atoms with Crippen molar-refractivity contribution < 1.29 is 13.9 Å². The van der Waals surface area contributed by atoms with Crippen LogP contribution in [-0.4, -0.2) is 43.2 Å². The fourth-order valence-electron chi connectivity index (χ4n) is 2.37. The topological polar surface area (TPSA) is 55.6 Å². The van der Waals surface area contributed by atoms with Crippen LogP contribution >= 0.6 is 28.3 Å². The summed E-state index contributed by atoms with van der Waals surface area (Å²) in [5.74, 6) is -0.539. The maximum absolute atomic E-state index is 13.5. The molecule has 4 nitrogen and oxygen atoms in total. The molecule has 1 aromatic carbocycles. The van der Waals surface area contributed by atoms with Crippen LogP contribution in [0.25, 0.3) is 0 Å². The molecule has 0 atom stereocenters. The van der Waals surface area contributed by atoms with E-state index in [1.54, 1.807) is 17.0 Å². The SMILES string of the molecule is Cl.NCCCOC1CCN(C(=O)c2ccc(Br)c(F)c2)CC1. The van der Waals surface area contributed by atoms with E-state index in [0.29, 0.717) is 36.3 Å². The van der Waals surface area contributed by atoms with Crippen molar-refractivity contribution in [2.75, 3.05) is 26.2 Å². The van der Waals surface area contributed by atoms with E-state index in [-0.39, 0.29) is 24.4 Å². The highest BCUT2D eigenvalue weighted by molar-refractivity contribution is 9.10. The van der Waals surface area contributed by atoms with E-state index in [9.17, 15) is 9.18 Å². The largest absolute Gasteiger partial charge is 0.378 e. The average Bonchev–Trinajstić information content (AvgIpc) is 2.50. The number of benzene rings is 1. The van der Waals surface area contributed by atoms with Crippen LogP contribution in [0.3, 0.4) is 0 Å². The number of carbonyl (C=O) groups is 1. The summed E-state index contributed by atoms with van der Waals surface area (Å²) in [6.07, 6.45) is 2.68. The molecule has 0 unspecified atom stereocenters. The molecule has 0 saturated carbocycles. The van der Waals surface area contributed by atoms with Gasteiger partial charge in [0.25, 0.3) is 5.91 Å². The van der Waals surface area contributed by atoms with Crippen LogP contribution in [0.1, 0.15) is 29.6 Å². The van der Waals surface area contributed by atoms with Crippen molar-refractivity contribution in [2.24, 2.45) is 5.73 Å². The van der Waals surface area contributed by atoms with Crippen molar-refractivity contribution in [1.82, 2.24) is 4.90 Å². The summed E-state index contributed by atoms with van der Waals surface area (Å²) >= 11 is 3.09. The third kappa shape index (κ3) is 5.19. The molecule has 22 heavy (non-hydrogen) atoms. The molecule has 1 saturated heterocycles. The molecule has 7 heteroatoms. The highest BCUT2D eigenvalue weighted by atomic mass is 79.9. The number of halogens is 3. The lowest BCUT2D eigenvalue weighted by molar-refractivity contribution is 0.00843. The van der Waals surface area contributed by atoms with E-state index in [2.05, 4.69) is 15.9 Å². The number of nitrogens with two attached hydrogens (primary N) is 1. The molecule has 2 rings (SSSR count). The number of amides is 1. The van der Waals surface area contributed by atoms with Gasteiger partial charge in [0, 0.05) is 25.3 Å². The number of ether oxygens (including phenoxy) is 1. The van der Waals surface area contributed by atoms with Gasteiger partial charge in [-0.3, -0.25) is 4.79 Å². The molecule has 124 valence electrons. The van der Waals surface area contributed by atoms with Gasteiger partial charge < -0.3 is 15.4 Å². The van der Waals surface area contributed by atoms with E-state index >= 15 is 0 Å². The summed E-state index contributed by atoms with van der Waals surface area (Å²) in [7, 11) is 0. The Labute approximate surface area is 144 Å². The Morgan fingerprint density at radius 3 is 2.68 bits per heavy atom. The molecule has 0 aliphatic carbocycles. The van der Waals surface area contributed by atoms with Gasteiger partial charge in [0.05, 0.1) is 10.6 Å². The highest BCUT2D eigenvalue weighted by Crippen LogP contribution is 2.20. The predicted molar refractivity (Wildman–Crippen MR) is 89.9 cm³/mol. The first-order chi connectivity index (χ1) is 10.1. The molecular formula is C15H21BrClFN2O2. The molecule has 1 aliphatic rings. The number of rotatable bonds is 5. The second kappa shape index (κ2) is 9.45. The molecule has 0 aromatic heterocycles. The number of carbonyl (C=O) groups excluding carboxylic acids is 1. The zero-order valence-electron chi connectivity index (χ0n) is 12.3. The van der Waals surface area contributed by atoms with Crippen LogP contribution in [0, 0.1) is 5.82 Å². The summed E-state index contributed by atoms with van der Waals surface area (Å²) in [6.45, 7) is 2.59. The summed E-state index contributed by atoms with van der Waals surface area (Å²) in [4.78, 5) is 14.1. The average molecular weight is 396 g/mol. The van der Waals surface area contributed by atoms with Crippen molar-refractivity contribution >= 4 is 34.2 Å². The van der Waals surface area contributed by atoms with E-state index in [1.807, 2.05) is 0 Å². The Kier molecular flexibility index (Phi) is 8.31. The van der Waals surface area contributed by atoms with Crippen molar-refractivity contribution in [3.63, 3.8) is 0 Å². The lowest BCUT2D eigenvalue weighted by Crippen LogP contribution is -2.41. The first-order valence-electron chi connectivity index (χ1n) is 7.18. The quantitative estimate of drug-likeness (QED) is 0.780. The van der Waals surface area contributed by atoms with Gasteiger partial charge in [-0.2, -0.15) is 0 Å². The van der Waals surface area contributed by atoms with Gasteiger partial charge in [0.1, 0.15) is 5.82 Å². The number of hydrogen-bond donors (Lipinski definition) is 1. The molecule has 1 fully saturated rings. The molecule has 1 amide bonds. The Bertz CT molecular complexity index is 496. The molecule has 1 aromatic rings. The predicted octanol–water partition coefficient (Wildman–Crippen LogP) is 2.98. The number of hydrogen-bond acceptors (Lipinski definition) is 3. The summed E-state index contributed by atoms with van der Waals surface area (Å²) in [6, 6.07) is 4.47. The first-order valence-corrected chi connectivity index (χ1v) is 7.97. The maximum Gasteiger partial charge on any atom is 0.253 e. The molecule has 0 bridgehead atoms. The molecule has 1 heterocycles. The minimum atomic E-state index is -0.416. The second-order valence-electron chi connectivity index (χ2n) is 5.13. The van der Waals surface area contributed by atoms with Gasteiger partial charge in [-0.05, 0) is 59.9 Å². The van der Waals surface area contributed by atoms with Gasteiger partial charge in [-0.15, -0.1) is 12.4 Å². The van der Waals surface area contributed by atoms with Gasteiger partial charge in [-0.1, -0.05) is 0 Å². The zero-order valence-corrected chi connectivity index (χ0v) is 14.7. The fraction of sp³-hybridized carbons (Fsp3) is 0.533. The van der Waals surface area contributed by atoms with Crippen molar-refractivity contribution in [1.29, 1.82) is 0 Å². The Morgan fingerprint density at radius 2 is 2.09 bits per heavy atom. The Balaban J connectivity index is 0.00000242. The van der Waals surface area contributed by atoms with Gasteiger partial charge in [0.2, 0.25) is 0 Å². The third-order valence-corrected chi connectivity index (χ3v) is 4.24. The van der Waals surface area contributed by atoms with Gasteiger partial charge in [0.15, 0.2) is 0 Å². The smallest absolute Gasteiger partial charge is 0.253 e. The van der Waals surface area contributed by atoms with Crippen LogP contribution in [0.2, 0.25) is 0 Å². The van der Waals surface area contributed by atoms with E-state index in [0.717, 1.165) is 19.3 Å². The summed E-state index contributed by atoms with van der Waals surface area (Å²) in [5.41, 5.74) is 5.81. The highest BCUT2D eigenvalue weighted by Gasteiger charge is 2.24. The number of nitrogens with zero attached hydrogens (tertiary/aromatic N) is 1. The van der Waals surface area contributed by atoms with Crippen LogP contribution in [0.15, 0.2) is 22.7 Å². The standard InChI is InChI=1S/C15H20BrFN2O2.ClH/c16-13-3-2-11(10-14(13)17)15(20)19-7-4-12(5-8-19)21-9-1-6-18;/h2-3,10,12H,1,4-9,18H2;1H. The van der Waals surface area contributed by atoms with E-state index < -0.39 is 5.82 Å². The lowest BCUT2D eigenvalue weighted by atomic mass is 10.1. The summed E-state index contributed by atoms with van der Waals surface area (Å²) < 4.78 is 19.6. The van der Waals surface area contributed by atoms with Crippen molar-refractivity contribution in [3.05, 3.63) is 34.1 Å². The van der Waals surface area contributed by atoms with Crippen molar-refractivity contribution in [3.8, 4) is 0 Å². The molecule has 0 radical (unpaired) electrons. The first kappa shape index (κ1) is 19.4. The normalized spacial score (nSPS) is 15.5. The van der Waals surface area contributed by atoms with Gasteiger partial charge in [-0.25, -0.2) is 4.39 Å². The number of likely N-dealkylation sites (tertiary alicyclic amines) is 1. The van der Waals surface area contributed by atoms with Crippen LogP contribution < -0.4 is 5.73 Å². The third-order valence-electron chi connectivity index (χ3n) is 3.60.